The molecular formula is C15H13NO4. The Morgan fingerprint density at radius 1 is 1.35 bits per heavy atom. The van der Waals surface area contributed by atoms with Gasteiger partial charge >= 0.3 is 5.97 Å². The molecule has 1 atom stereocenters. The van der Waals surface area contributed by atoms with E-state index in [1.54, 1.807) is 6.92 Å². The van der Waals surface area contributed by atoms with Gasteiger partial charge in [0.25, 0.3) is 5.78 Å². The van der Waals surface area contributed by atoms with E-state index in [1.165, 1.54) is 0 Å². The number of esters is 1. The number of hydrogen-bond acceptors (Lipinski definition) is 4. The van der Waals surface area contributed by atoms with Gasteiger partial charge in [-0.25, -0.2) is 4.79 Å². The third kappa shape index (κ3) is 1.74. The molecule has 1 aliphatic rings. The first-order chi connectivity index (χ1) is 9.63. The van der Waals surface area contributed by atoms with Crippen LogP contribution in [0.5, 0.6) is 0 Å². The van der Waals surface area contributed by atoms with E-state index in [2.05, 4.69) is 9.72 Å². The third-order valence-corrected chi connectivity index (χ3v) is 3.58. The SMILES string of the molecule is CCOC(=O)C(=O)[C@@H]1Cc2c([nH]c3ccccc23)C1=O. The molecule has 5 nitrogen and oxygen atoms in total. The van der Waals surface area contributed by atoms with Gasteiger partial charge in [-0.05, 0) is 25.0 Å². The van der Waals surface area contributed by atoms with Crippen molar-refractivity contribution in [1.82, 2.24) is 4.98 Å². The molecule has 1 heterocycles. The molecule has 0 spiro atoms. The summed E-state index contributed by atoms with van der Waals surface area (Å²) in [5.74, 6) is -2.96. The Kier molecular flexibility index (Phi) is 2.89. The summed E-state index contributed by atoms with van der Waals surface area (Å²) < 4.78 is 4.68. The predicted octanol–water partition coefficient (Wildman–Crippen LogP) is 1.66. The zero-order chi connectivity index (χ0) is 14.3. The second-order valence-electron chi connectivity index (χ2n) is 4.73. The molecule has 0 unspecified atom stereocenters. The molecule has 1 aliphatic carbocycles. The van der Waals surface area contributed by atoms with Gasteiger partial charge in [0.05, 0.1) is 18.2 Å². The number of carbonyl (C=O) groups excluding carboxylic acids is 3. The van der Waals surface area contributed by atoms with Gasteiger partial charge in [-0.2, -0.15) is 0 Å². The highest BCUT2D eigenvalue weighted by molar-refractivity contribution is 6.40. The maximum atomic E-state index is 12.3. The van der Waals surface area contributed by atoms with Crippen LogP contribution in [0.1, 0.15) is 23.0 Å². The monoisotopic (exact) mass is 271 g/mol. The molecule has 0 amide bonds. The van der Waals surface area contributed by atoms with E-state index >= 15 is 0 Å². The van der Waals surface area contributed by atoms with E-state index in [0.717, 1.165) is 16.5 Å². The van der Waals surface area contributed by atoms with E-state index in [1.807, 2.05) is 24.3 Å². The molecule has 1 aromatic carbocycles. The second-order valence-corrected chi connectivity index (χ2v) is 4.73. The van der Waals surface area contributed by atoms with Gasteiger partial charge in [-0.3, -0.25) is 9.59 Å². The fraction of sp³-hybridized carbons (Fsp3) is 0.267. The highest BCUT2D eigenvalue weighted by atomic mass is 16.5. The average Bonchev–Trinajstić information content (AvgIpc) is 2.96. The Bertz CT molecular complexity index is 729. The fourth-order valence-electron chi connectivity index (χ4n) is 2.65. The van der Waals surface area contributed by atoms with Gasteiger partial charge in [0.1, 0.15) is 0 Å². The largest absolute Gasteiger partial charge is 0.460 e. The molecule has 0 bridgehead atoms. The smallest absolute Gasteiger partial charge is 0.375 e. The van der Waals surface area contributed by atoms with Crippen molar-refractivity contribution in [3.63, 3.8) is 0 Å². The number of ketones is 2. The zero-order valence-electron chi connectivity index (χ0n) is 10.9. The van der Waals surface area contributed by atoms with Crippen LogP contribution in [0.3, 0.4) is 0 Å². The molecule has 5 heteroatoms. The maximum absolute atomic E-state index is 12.3. The fourth-order valence-corrected chi connectivity index (χ4v) is 2.65. The summed E-state index contributed by atoms with van der Waals surface area (Å²) in [6, 6.07) is 7.53. The van der Waals surface area contributed by atoms with Crippen LogP contribution in [0.25, 0.3) is 10.9 Å². The molecule has 102 valence electrons. The molecule has 1 aromatic heterocycles. The number of fused-ring (bicyclic) bond motifs is 3. The number of ether oxygens (including phenoxy) is 1. The summed E-state index contributed by atoms with van der Waals surface area (Å²) in [6.07, 6.45) is 0.260. The van der Waals surface area contributed by atoms with Crippen LogP contribution >= 0.6 is 0 Å². The minimum Gasteiger partial charge on any atom is -0.460 e. The summed E-state index contributed by atoms with van der Waals surface area (Å²) in [5, 5.41) is 0.926. The summed E-state index contributed by atoms with van der Waals surface area (Å²) >= 11 is 0. The van der Waals surface area contributed by atoms with Crippen molar-refractivity contribution in [3.05, 3.63) is 35.5 Å². The first kappa shape index (κ1) is 12.6. The average molecular weight is 271 g/mol. The van der Waals surface area contributed by atoms with E-state index in [-0.39, 0.29) is 18.8 Å². The van der Waals surface area contributed by atoms with Crippen LogP contribution in [-0.2, 0) is 20.7 Å². The predicted molar refractivity (Wildman–Crippen MR) is 71.5 cm³/mol. The summed E-state index contributed by atoms with van der Waals surface area (Å²) in [5.41, 5.74) is 2.12. The topological polar surface area (TPSA) is 76.2 Å². The lowest BCUT2D eigenvalue weighted by molar-refractivity contribution is -0.154. The lowest BCUT2D eigenvalue weighted by atomic mass is 9.99. The molecule has 0 saturated carbocycles. The van der Waals surface area contributed by atoms with Gasteiger partial charge in [-0.1, -0.05) is 18.2 Å². The van der Waals surface area contributed by atoms with Gasteiger partial charge < -0.3 is 9.72 Å². The Labute approximate surface area is 114 Å². The normalized spacial score (nSPS) is 17.2. The van der Waals surface area contributed by atoms with Crippen LogP contribution in [0.2, 0.25) is 0 Å². The number of aromatic nitrogens is 1. The molecule has 0 aliphatic heterocycles. The van der Waals surface area contributed by atoms with E-state index in [0.29, 0.717) is 5.69 Å². The van der Waals surface area contributed by atoms with Crippen LogP contribution in [0.4, 0.5) is 0 Å². The number of para-hydroxylation sites is 1. The molecule has 3 rings (SSSR count). The Morgan fingerprint density at radius 2 is 2.10 bits per heavy atom. The number of Topliss-reactive ketones (excluding diaryl/α,β-unsaturated/α-hetero) is 2. The Morgan fingerprint density at radius 3 is 2.85 bits per heavy atom. The molecule has 2 aromatic rings. The van der Waals surface area contributed by atoms with Crippen molar-refractivity contribution in [2.45, 2.75) is 13.3 Å². The quantitative estimate of drug-likeness (QED) is 0.523. The number of nitrogens with one attached hydrogen (secondary N) is 1. The van der Waals surface area contributed by atoms with E-state index in [9.17, 15) is 14.4 Å². The van der Waals surface area contributed by atoms with Gasteiger partial charge in [0, 0.05) is 10.9 Å². The number of H-pyrrole nitrogens is 1. The van der Waals surface area contributed by atoms with Crippen molar-refractivity contribution >= 4 is 28.4 Å². The molecule has 1 N–H and O–H groups in total. The van der Waals surface area contributed by atoms with Crippen molar-refractivity contribution in [2.75, 3.05) is 6.61 Å². The molecular weight excluding hydrogens is 258 g/mol. The molecule has 0 radical (unpaired) electrons. The van der Waals surface area contributed by atoms with Crippen LogP contribution in [-0.4, -0.2) is 29.1 Å². The van der Waals surface area contributed by atoms with E-state index < -0.39 is 17.7 Å². The van der Waals surface area contributed by atoms with Crippen LogP contribution < -0.4 is 0 Å². The standard InChI is InChI=1S/C15H13NO4/c1-2-20-15(19)14(18)10-7-9-8-5-3-4-6-11(8)16-12(9)13(10)17/h3-6,10,16H,2,7H2,1H3/t10-/m1/s1. The van der Waals surface area contributed by atoms with Gasteiger partial charge in [-0.15, -0.1) is 0 Å². The second kappa shape index (κ2) is 4.59. The zero-order valence-corrected chi connectivity index (χ0v) is 10.9. The Balaban J connectivity index is 1.95. The number of aromatic amines is 1. The van der Waals surface area contributed by atoms with Crippen molar-refractivity contribution in [2.24, 2.45) is 5.92 Å². The van der Waals surface area contributed by atoms with Gasteiger partial charge in [0.2, 0.25) is 0 Å². The number of rotatable bonds is 3. The number of benzene rings is 1. The maximum Gasteiger partial charge on any atom is 0.375 e. The summed E-state index contributed by atoms with van der Waals surface area (Å²) in [6.45, 7) is 1.75. The Hall–Kier alpha value is -2.43. The van der Waals surface area contributed by atoms with Crippen molar-refractivity contribution < 1.29 is 19.1 Å². The first-order valence-electron chi connectivity index (χ1n) is 6.48. The van der Waals surface area contributed by atoms with Crippen molar-refractivity contribution in [3.8, 4) is 0 Å². The van der Waals surface area contributed by atoms with Gasteiger partial charge in [0.15, 0.2) is 5.78 Å². The first-order valence-corrected chi connectivity index (χ1v) is 6.48. The summed E-state index contributed by atoms with van der Waals surface area (Å²) in [4.78, 5) is 38.7. The highest BCUT2D eigenvalue weighted by Gasteiger charge is 2.41. The molecule has 0 saturated heterocycles. The van der Waals surface area contributed by atoms with Crippen molar-refractivity contribution in [1.29, 1.82) is 0 Å². The van der Waals surface area contributed by atoms with E-state index in [4.69, 9.17) is 0 Å². The molecule has 20 heavy (non-hydrogen) atoms. The number of hydrogen-bond donors (Lipinski definition) is 1. The molecule has 0 fully saturated rings. The third-order valence-electron chi connectivity index (χ3n) is 3.58. The summed E-state index contributed by atoms with van der Waals surface area (Å²) in [7, 11) is 0. The minimum absolute atomic E-state index is 0.125. The highest BCUT2D eigenvalue weighted by Crippen LogP contribution is 2.33. The van der Waals surface area contributed by atoms with Crippen LogP contribution in [0.15, 0.2) is 24.3 Å². The lowest BCUT2D eigenvalue weighted by Gasteiger charge is -2.06. The number of carbonyl (C=O) groups is 3. The minimum atomic E-state index is -0.945. The lowest BCUT2D eigenvalue weighted by Crippen LogP contribution is -2.30. The van der Waals surface area contributed by atoms with Crippen LogP contribution in [0, 0.1) is 5.92 Å².